The molecular weight excluding hydrogens is 434 g/mol. The maximum absolute atomic E-state index is 14.0. The molecule has 0 fully saturated rings. The highest BCUT2D eigenvalue weighted by Crippen LogP contribution is 2.56. The molecule has 174 valence electrons. The van der Waals surface area contributed by atoms with E-state index in [1.165, 1.54) is 0 Å². The molecule has 0 radical (unpaired) electrons. The molecular formula is C31H27NO3. The number of Topliss-reactive ketones (excluding diaryl/α,β-unsaturated/α-hetero) is 2. The van der Waals surface area contributed by atoms with E-state index >= 15 is 0 Å². The summed E-state index contributed by atoms with van der Waals surface area (Å²) in [6, 6.07) is 25.7. The number of nitrogens with zero attached hydrogens (tertiary/aromatic N) is 1. The van der Waals surface area contributed by atoms with Gasteiger partial charge in [-0.05, 0) is 41.7 Å². The molecule has 0 saturated heterocycles. The summed E-state index contributed by atoms with van der Waals surface area (Å²) in [6.45, 7) is 4.30. The Morgan fingerprint density at radius 1 is 0.800 bits per heavy atom. The minimum Gasteiger partial charge on any atom is -0.497 e. The molecule has 0 bridgehead atoms. The molecule has 6 rings (SSSR count). The van der Waals surface area contributed by atoms with Gasteiger partial charge in [-0.2, -0.15) is 0 Å². The molecule has 0 spiro atoms. The van der Waals surface area contributed by atoms with Crippen molar-refractivity contribution in [3.05, 3.63) is 112 Å². The second-order valence-corrected chi connectivity index (χ2v) is 10.3. The van der Waals surface area contributed by atoms with Crippen molar-refractivity contribution in [1.29, 1.82) is 0 Å². The Morgan fingerprint density at radius 3 is 2.14 bits per heavy atom. The van der Waals surface area contributed by atoms with Crippen LogP contribution in [0.5, 0.6) is 5.75 Å². The number of allylic oxidation sites excluding steroid dienone is 3. The number of rotatable bonds is 3. The van der Waals surface area contributed by atoms with Crippen LogP contribution in [0.4, 0.5) is 5.69 Å². The largest absolute Gasteiger partial charge is 0.497 e. The fourth-order valence-corrected chi connectivity index (χ4v) is 5.90. The molecule has 4 heteroatoms. The number of benzene rings is 3. The summed E-state index contributed by atoms with van der Waals surface area (Å²) in [5.41, 5.74) is 6.69. The van der Waals surface area contributed by atoms with Crippen molar-refractivity contribution < 1.29 is 14.3 Å². The Hall–Kier alpha value is -3.92. The Bertz CT molecular complexity index is 1430. The van der Waals surface area contributed by atoms with Gasteiger partial charge in [-0.15, -0.1) is 0 Å². The molecule has 0 saturated carbocycles. The predicted octanol–water partition coefficient (Wildman–Crippen LogP) is 6.55. The summed E-state index contributed by atoms with van der Waals surface area (Å²) < 4.78 is 5.40. The number of carbonyl (C=O) groups is 2. The fourth-order valence-electron chi connectivity index (χ4n) is 5.90. The molecule has 0 aromatic heterocycles. The fraction of sp³-hybridized carbons (Fsp3) is 0.226. The molecule has 4 nitrogen and oxygen atoms in total. The lowest BCUT2D eigenvalue weighted by atomic mass is 9.68. The van der Waals surface area contributed by atoms with Gasteiger partial charge in [0, 0.05) is 46.0 Å². The molecule has 1 atom stereocenters. The highest BCUT2D eigenvalue weighted by molar-refractivity contribution is 6.25. The van der Waals surface area contributed by atoms with Crippen LogP contribution in [0.3, 0.4) is 0 Å². The Morgan fingerprint density at radius 2 is 1.46 bits per heavy atom. The topological polar surface area (TPSA) is 46.6 Å². The van der Waals surface area contributed by atoms with Crippen LogP contribution in [0.2, 0.25) is 0 Å². The number of anilines is 1. The number of hydrogen-bond acceptors (Lipinski definition) is 4. The molecule has 1 aliphatic heterocycles. The lowest BCUT2D eigenvalue weighted by Crippen LogP contribution is -2.39. The lowest BCUT2D eigenvalue weighted by molar-refractivity contribution is -0.118. The lowest BCUT2D eigenvalue weighted by Gasteiger charge is -2.44. The van der Waals surface area contributed by atoms with Gasteiger partial charge in [0.15, 0.2) is 11.6 Å². The Labute approximate surface area is 205 Å². The maximum atomic E-state index is 14.0. The third-order valence-electron chi connectivity index (χ3n) is 7.36. The van der Waals surface area contributed by atoms with E-state index in [4.69, 9.17) is 4.74 Å². The normalized spacial score (nSPS) is 20.5. The second-order valence-electron chi connectivity index (χ2n) is 10.3. The summed E-state index contributed by atoms with van der Waals surface area (Å²) in [7, 11) is 1.65. The van der Waals surface area contributed by atoms with Gasteiger partial charge in [-0.1, -0.05) is 68.4 Å². The zero-order chi connectivity index (χ0) is 24.3. The molecule has 3 aliphatic rings. The van der Waals surface area contributed by atoms with E-state index < -0.39 is 0 Å². The van der Waals surface area contributed by atoms with E-state index in [0.717, 1.165) is 46.0 Å². The first-order valence-corrected chi connectivity index (χ1v) is 12.0. The third kappa shape index (κ3) is 3.28. The van der Waals surface area contributed by atoms with Crippen molar-refractivity contribution in [2.24, 2.45) is 5.41 Å². The highest BCUT2D eigenvalue weighted by atomic mass is 16.5. The van der Waals surface area contributed by atoms with Crippen LogP contribution in [-0.4, -0.2) is 18.7 Å². The van der Waals surface area contributed by atoms with Crippen LogP contribution in [0.25, 0.3) is 5.70 Å². The summed E-state index contributed by atoms with van der Waals surface area (Å²) in [4.78, 5) is 30.0. The van der Waals surface area contributed by atoms with Crippen molar-refractivity contribution in [2.75, 3.05) is 12.0 Å². The van der Waals surface area contributed by atoms with Crippen molar-refractivity contribution in [2.45, 2.75) is 32.6 Å². The quantitative estimate of drug-likeness (QED) is 0.444. The van der Waals surface area contributed by atoms with Crippen LogP contribution in [0, 0.1) is 5.41 Å². The van der Waals surface area contributed by atoms with Gasteiger partial charge < -0.3 is 9.64 Å². The first kappa shape index (κ1) is 21.6. The molecule has 2 aliphatic carbocycles. The number of hydrogen-bond donors (Lipinski definition) is 0. The van der Waals surface area contributed by atoms with Gasteiger partial charge in [0.2, 0.25) is 0 Å². The zero-order valence-electron chi connectivity index (χ0n) is 20.2. The monoisotopic (exact) mass is 461 g/mol. The van der Waals surface area contributed by atoms with E-state index in [9.17, 15) is 9.59 Å². The molecule has 0 N–H and O–H groups in total. The van der Waals surface area contributed by atoms with E-state index in [2.05, 4.69) is 18.7 Å². The molecule has 3 aromatic rings. The van der Waals surface area contributed by atoms with Gasteiger partial charge in [0.05, 0.1) is 12.8 Å². The van der Waals surface area contributed by atoms with Crippen LogP contribution in [0.15, 0.2) is 95.7 Å². The molecule has 3 aromatic carbocycles. The van der Waals surface area contributed by atoms with Gasteiger partial charge >= 0.3 is 0 Å². The van der Waals surface area contributed by atoms with E-state index in [0.29, 0.717) is 17.6 Å². The molecule has 0 unspecified atom stereocenters. The predicted molar refractivity (Wildman–Crippen MR) is 137 cm³/mol. The van der Waals surface area contributed by atoms with Crippen molar-refractivity contribution in [1.82, 2.24) is 0 Å². The van der Waals surface area contributed by atoms with E-state index in [1.54, 1.807) is 7.11 Å². The number of ketones is 2. The molecule has 35 heavy (non-hydrogen) atoms. The standard InChI is InChI=1S/C31H27NO3/c1-31(2)17-24-27(25(33)18-31)26(19-9-5-4-6-10-19)28-29(22-11-7-8-12-23(22)30(28)34)32(24)20-13-15-21(35-3)16-14-20/h4-16,26H,17-18H2,1-3H3/t26-/m1/s1. The van der Waals surface area contributed by atoms with Gasteiger partial charge in [-0.3, -0.25) is 9.59 Å². The molecule has 0 amide bonds. The maximum Gasteiger partial charge on any atom is 0.192 e. The smallest absolute Gasteiger partial charge is 0.192 e. The first-order valence-electron chi connectivity index (χ1n) is 12.0. The van der Waals surface area contributed by atoms with Crippen molar-refractivity contribution in [3.8, 4) is 5.75 Å². The average molecular weight is 462 g/mol. The van der Waals surface area contributed by atoms with Gasteiger partial charge in [-0.25, -0.2) is 0 Å². The van der Waals surface area contributed by atoms with Gasteiger partial charge in [0.1, 0.15) is 5.75 Å². The number of fused-ring (bicyclic) bond motifs is 2. The van der Waals surface area contributed by atoms with Crippen LogP contribution in [-0.2, 0) is 4.79 Å². The van der Waals surface area contributed by atoms with Crippen LogP contribution in [0.1, 0.15) is 54.1 Å². The summed E-state index contributed by atoms with van der Waals surface area (Å²) in [5.74, 6) is 0.518. The molecule has 1 heterocycles. The highest BCUT2D eigenvalue weighted by Gasteiger charge is 2.49. The third-order valence-corrected chi connectivity index (χ3v) is 7.36. The average Bonchev–Trinajstić information content (AvgIpc) is 3.15. The summed E-state index contributed by atoms with van der Waals surface area (Å²) in [5, 5.41) is 0. The number of methoxy groups -OCH3 is 1. The van der Waals surface area contributed by atoms with E-state index in [1.807, 2.05) is 78.9 Å². The van der Waals surface area contributed by atoms with Crippen molar-refractivity contribution >= 4 is 23.0 Å². The van der Waals surface area contributed by atoms with Crippen LogP contribution < -0.4 is 9.64 Å². The second kappa shape index (κ2) is 7.81. The van der Waals surface area contributed by atoms with Crippen molar-refractivity contribution in [3.63, 3.8) is 0 Å². The number of ether oxygens (including phenoxy) is 1. The van der Waals surface area contributed by atoms with E-state index in [-0.39, 0.29) is 22.9 Å². The minimum atomic E-state index is -0.376. The number of carbonyl (C=O) groups excluding carboxylic acids is 2. The zero-order valence-corrected chi connectivity index (χ0v) is 20.2. The van der Waals surface area contributed by atoms with Crippen LogP contribution >= 0.6 is 0 Å². The minimum absolute atomic E-state index is 0.00662. The summed E-state index contributed by atoms with van der Waals surface area (Å²) >= 11 is 0. The SMILES string of the molecule is COc1ccc(N2C3=C(C(=O)CC(C)(C)C3)[C@@H](c3ccccc3)C3=C2c2ccccc2C3=O)cc1. The first-order chi connectivity index (χ1) is 16.9. The van der Waals surface area contributed by atoms with Gasteiger partial charge in [0.25, 0.3) is 0 Å². The summed E-state index contributed by atoms with van der Waals surface area (Å²) in [6.07, 6.45) is 1.21. The Kier molecular flexibility index (Phi) is 4.82. The Balaban J connectivity index is 1.68.